The first-order valence-corrected chi connectivity index (χ1v) is 9.69. The van der Waals surface area contributed by atoms with Crippen LogP contribution in [0.1, 0.15) is 21.5 Å². The molecule has 0 bridgehead atoms. The first kappa shape index (κ1) is 19.3. The normalized spacial score (nSPS) is 11.2. The number of carbonyl (C=O) groups excluding carboxylic acids is 1. The summed E-state index contributed by atoms with van der Waals surface area (Å²) in [6.07, 6.45) is 0. The average molecular weight is 384 g/mol. The molecule has 0 aliphatic heterocycles. The molecule has 2 aromatic carbocycles. The predicted octanol–water partition coefficient (Wildman–Crippen LogP) is 4.13. The number of anilines is 1. The van der Waals surface area contributed by atoms with Gasteiger partial charge in [0.15, 0.2) is 5.13 Å². The van der Waals surface area contributed by atoms with E-state index >= 15 is 0 Å². The molecule has 142 valence electrons. The van der Waals surface area contributed by atoms with Crippen LogP contribution in [0.3, 0.4) is 0 Å². The van der Waals surface area contributed by atoms with Crippen LogP contribution in [0.5, 0.6) is 5.75 Å². The summed E-state index contributed by atoms with van der Waals surface area (Å²) in [5.41, 5.74) is 3.95. The van der Waals surface area contributed by atoms with Gasteiger partial charge in [0.25, 0.3) is 5.91 Å². The fourth-order valence-electron chi connectivity index (χ4n) is 2.95. The third-order valence-corrected chi connectivity index (χ3v) is 5.62. The van der Waals surface area contributed by atoms with Crippen LogP contribution < -0.4 is 9.64 Å². The van der Waals surface area contributed by atoms with E-state index in [0.717, 1.165) is 27.6 Å². The summed E-state index contributed by atoms with van der Waals surface area (Å²) in [6.45, 7) is 5.50. The lowest BCUT2D eigenvalue weighted by atomic mass is 10.1. The van der Waals surface area contributed by atoms with Gasteiger partial charge in [-0.1, -0.05) is 17.4 Å². The molecule has 0 radical (unpaired) electrons. The third kappa shape index (κ3) is 4.28. The summed E-state index contributed by atoms with van der Waals surface area (Å²) >= 11 is 1.57. The van der Waals surface area contributed by atoms with Gasteiger partial charge in [-0.3, -0.25) is 9.69 Å². The molecule has 0 saturated heterocycles. The number of rotatable bonds is 6. The molecule has 0 fully saturated rings. The lowest BCUT2D eigenvalue weighted by Crippen LogP contribution is -2.36. The Labute approximate surface area is 164 Å². The zero-order valence-corrected chi connectivity index (χ0v) is 17.3. The summed E-state index contributed by atoms with van der Waals surface area (Å²) in [6, 6.07) is 11.4. The third-order valence-electron chi connectivity index (χ3n) is 4.39. The van der Waals surface area contributed by atoms with Gasteiger partial charge in [-0.25, -0.2) is 4.98 Å². The Kier molecular flexibility index (Phi) is 5.77. The molecule has 5 nitrogen and oxygen atoms in total. The Morgan fingerprint density at radius 3 is 2.44 bits per heavy atom. The summed E-state index contributed by atoms with van der Waals surface area (Å²) < 4.78 is 6.33. The van der Waals surface area contributed by atoms with Crippen LogP contribution in [0, 0.1) is 13.8 Å². The number of ether oxygens (including phenoxy) is 1. The molecule has 6 heteroatoms. The monoisotopic (exact) mass is 383 g/mol. The Balaban J connectivity index is 1.99. The first-order chi connectivity index (χ1) is 12.9. The van der Waals surface area contributed by atoms with Crippen LogP contribution in [0.4, 0.5) is 5.13 Å². The molecule has 0 N–H and O–H groups in total. The number of hydrogen-bond donors (Lipinski definition) is 0. The predicted molar refractivity (Wildman–Crippen MR) is 112 cm³/mol. The molecule has 3 rings (SSSR count). The van der Waals surface area contributed by atoms with Gasteiger partial charge < -0.3 is 9.64 Å². The van der Waals surface area contributed by atoms with Crippen LogP contribution in [-0.2, 0) is 0 Å². The van der Waals surface area contributed by atoms with Gasteiger partial charge in [0.2, 0.25) is 0 Å². The molecule has 1 amide bonds. The maximum atomic E-state index is 13.2. The number of hydrogen-bond acceptors (Lipinski definition) is 5. The van der Waals surface area contributed by atoms with E-state index in [2.05, 4.69) is 30.9 Å². The van der Waals surface area contributed by atoms with Gasteiger partial charge in [-0.15, -0.1) is 0 Å². The Morgan fingerprint density at radius 1 is 1.11 bits per heavy atom. The minimum atomic E-state index is -0.0482. The van der Waals surface area contributed by atoms with E-state index in [1.165, 1.54) is 11.1 Å². The van der Waals surface area contributed by atoms with Crippen molar-refractivity contribution in [1.82, 2.24) is 9.88 Å². The van der Waals surface area contributed by atoms with Crippen molar-refractivity contribution in [2.45, 2.75) is 13.8 Å². The number of fused-ring (bicyclic) bond motifs is 1. The van der Waals surface area contributed by atoms with E-state index in [4.69, 9.17) is 9.72 Å². The summed E-state index contributed by atoms with van der Waals surface area (Å²) in [4.78, 5) is 21.8. The summed E-state index contributed by atoms with van der Waals surface area (Å²) in [7, 11) is 5.62. The number of amides is 1. The van der Waals surface area contributed by atoms with Gasteiger partial charge in [0.05, 0.1) is 17.3 Å². The minimum Gasteiger partial charge on any atom is -0.497 e. The molecule has 0 aliphatic rings. The SMILES string of the molecule is COc1ccc(C(=O)N(CCN(C)C)c2nc3cc(C)cc(C)c3s2)cc1. The van der Waals surface area contributed by atoms with Crippen LogP contribution in [0.15, 0.2) is 36.4 Å². The molecule has 0 saturated carbocycles. The van der Waals surface area contributed by atoms with Crippen molar-refractivity contribution >= 4 is 32.6 Å². The topological polar surface area (TPSA) is 45.7 Å². The first-order valence-electron chi connectivity index (χ1n) is 8.87. The van der Waals surface area contributed by atoms with Crippen molar-refractivity contribution < 1.29 is 9.53 Å². The van der Waals surface area contributed by atoms with Crippen molar-refractivity contribution in [3.8, 4) is 5.75 Å². The van der Waals surface area contributed by atoms with Gasteiger partial charge in [0.1, 0.15) is 5.75 Å². The smallest absolute Gasteiger partial charge is 0.260 e. The van der Waals surface area contributed by atoms with Crippen LogP contribution in [-0.4, -0.2) is 50.1 Å². The van der Waals surface area contributed by atoms with Gasteiger partial charge in [0, 0.05) is 18.7 Å². The molecule has 1 heterocycles. The van der Waals surface area contributed by atoms with Gasteiger partial charge in [-0.2, -0.15) is 0 Å². The van der Waals surface area contributed by atoms with Gasteiger partial charge in [-0.05, 0) is 69.4 Å². The maximum Gasteiger partial charge on any atom is 0.260 e. The molecule has 0 aliphatic carbocycles. The molecule has 27 heavy (non-hydrogen) atoms. The Morgan fingerprint density at radius 2 is 1.81 bits per heavy atom. The number of carbonyl (C=O) groups is 1. The highest BCUT2D eigenvalue weighted by atomic mass is 32.1. The fraction of sp³-hybridized carbons (Fsp3) is 0.333. The average Bonchev–Trinajstić information content (AvgIpc) is 3.05. The van der Waals surface area contributed by atoms with E-state index in [-0.39, 0.29) is 5.91 Å². The Hall–Kier alpha value is -2.44. The molecular formula is C21H25N3O2S. The lowest BCUT2D eigenvalue weighted by Gasteiger charge is -2.22. The maximum absolute atomic E-state index is 13.2. The van der Waals surface area contributed by atoms with Crippen molar-refractivity contribution in [3.63, 3.8) is 0 Å². The minimum absolute atomic E-state index is 0.0482. The zero-order valence-electron chi connectivity index (χ0n) is 16.4. The van der Waals surface area contributed by atoms with Crippen molar-refractivity contribution in [3.05, 3.63) is 53.1 Å². The highest BCUT2D eigenvalue weighted by Gasteiger charge is 2.22. The molecule has 0 unspecified atom stereocenters. The number of aryl methyl sites for hydroxylation is 2. The zero-order chi connectivity index (χ0) is 19.6. The second-order valence-electron chi connectivity index (χ2n) is 6.92. The lowest BCUT2D eigenvalue weighted by molar-refractivity contribution is 0.0985. The number of thiazole rings is 1. The molecule has 1 aromatic heterocycles. The number of likely N-dealkylation sites (N-methyl/N-ethyl adjacent to an activating group) is 1. The van der Waals surface area contributed by atoms with Crippen molar-refractivity contribution in [2.24, 2.45) is 0 Å². The fourth-order valence-corrected chi connectivity index (χ4v) is 3.99. The second kappa shape index (κ2) is 8.06. The molecule has 0 spiro atoms. The van der Waals surface area contributed by atoms with E-state index in [1.807, 2.05) is 26.2 Å². The quantitative estimate of drug-likeness (QED) is 0.642. The van der Waals surface area contributed by atoms with Crippen LogP contribution in [0.2, 0.25) is 0 Å². The highest BCUT2D eigenvalue weighted by molar-refractivity contribution is 7.22. The second-order valence-corrected chi connectivity index (χ2v) is 7.89. The van der Waals surface area contributed by atoms with Crippen LogP contribution in [0.25, 0.3) is 10.2 Å². The van der Waals surface area contributed by atoms with Gasteiger partial charge >= 0.3 is 0 Å². The van der Waals surface area contributed by atoms with Crippen LogP contribution >= 0.6 is 11.3 Å². The van der Waals surface area contributed by atoms with Crippen molar-refractivity contribution in [1.29, 1.82) is 0 Å². The van der Waals surface area contributed by atoms with E-state index in [0.29, 0.717) is 12.1 Å². The van der Waals surface area contributed by atoms with E-state index in [1.54, 1.807) is 35.5 Å². The summed E-state index contributed by atoms with van der Waals surface area (Å²) in [5, 5.41) is 0.737. The number of benzene rings is 2. The number of methoxy groups -OCH3 is 1. The van der Waals surface area contributed by atoms with E-state index < -0.39 is 0 Å². The number of nitrogens with zero attached hydrogens (tertiary/aromatic N) is 3. The Bertz CT molecular complexity index is 948. The van der Waals surface area contributed by atoms with Crippen molar-refractivity contribution in [2.75, 3.05) is 39.2 Å². The molecular weight excluding hydrogens is 358 g/mol. The standard InChI is InChI=1S/C21H25N3O2S/c1-14-12-15(2)19-18(13-14)22-21(27-19)24(11-10-23(3)4)20(25)16-6-8-17(26-5)9-7-16/h6-9,12-13H,10-11H2,1-5H3. The van der Waals surface area contributed by atoms with E-state index in [9.17, 15) is 4.79 Å². The number of aromatic nitrogens is 1. The molecule has 0 atom stereocenters. The largest absolute Gasteiger partial charge is 0.497 e. The molecule has 3 aromatic rings. The highest BCUT2D eigenvalue weighted by Crippen LogP contribution is 2.32. The summed E-state index contributed by atoms with van der Waals surface area (Å²) in [5.74, 6) is 0.686.